The van der Waals surface area contributed by atoms with Crippen molar-refractivity contribution in [3.8, 4) is 16.3 Å². The van der Waals surface area contributed by atoms with Gasteiger partial charge in [0.1, 0.15) is 10.8 Å². The molecule has 0 atom stereocenters. The van der Waals surface area contributed by atoms with E-state index in [-0.39, 0.29) is 24.9 Å². The third kappa shape index (κ3) is 5.98. The lowest BCUT2D eigenvalue weighted by molar-refractivity contribution is -0.119. The summed E-state index contributed by atoms with van der Waals surface area (Å²) < 4.78 is 6.27. The van der Waals surface area contributed by atoms with Crippen molar-refractivity contribution in [3.05, 3.63) is 72.3 Å². The molecule has 0 radical (unpaired) electrons. The molecule has 0 saturated carbocycles. The Bertz CT molecular complexity index is 1300. The van der Waals surface area contributed by atoms with Crippen LogP contribution in [0.4, 0.5) is 11.4 Å². The number of rotatable bonds is 8. The number of thiazole rings is 1. The highest BCUT2D eigenvalue weighted by Crippen LogP contribution is 2.31. The third-order valence-corrected chi connectivity index (χ3v) is 6.23. The predicted octanol–water partition coefficient (Wildman–Crippen LogP) is 4.79. The van der Waals surface area contributed by atoms with E-state index in [1.165, 1.54) is 5.56 Å². The summed E-state index contributed by atoms with van der Waals surface area (Å²) in [5.74, 6) is 0.328. The van der Waals surface area contributed by atoms with Crippen LogP contribution in [0.5, 0.6) is 5.75 Å². The molecule has 174 valence electrons. The van der Waals surface area contributed by atoms with Crippen LogP contribution in [0, 0.1) is 6.92 Å². The summed E-state index contributed by atoms with van der Waals surface area (Å²) in [5, 5.41) is 6.63. The van der Waals surface area contributed by atoms with E-state index in [2.05, 4.69) is 29.7 Å². The molecule has 0 fully saturated rings. The first-order valence-electron chi connectivity index (χ1n) is 10.8. The molecule has 0 bridgehead atoms. The Kier molecular flexibility index (Phi) is 7.20. The van der Waals surface area contributed by atoms with E-state index in [0.29, 0.717) is 11.4 Å². The Morgan fingerprint density at radius 1 is 0.912 bits per heavy atom. The summed E-state index contributed by atoms with van der Waals surface area (Å²) >= 11 is 1.65. The molecule has 2 amide bonds. The summed E-state index contributed by atoms with van der Waals surface area (Å²) in [6, 6.07) is 20.9. The maximum absolute atomic E-state index is 12.4. The zero-order chi connectivity index (χ0) is 24.1. The minimum absolute atomic E-state index is 0.0923. The van der Waals surface area contributed by atoms with Crippen LogP contribution in [0.2, 0.25) is 0 Å². The summed E-state index contributed by atoms with van der Waals surface area (Å²) in [6.07, 6.45) is 0. The molecular weight excluding hydrogens is 448 g/mol. The molecule has 34 heavy (non-hydrogen) atoms. The van der Waals surface area contributed by atoms with E-state index in [0.717, 1.165) is 26.5 Å². The monoisotopic (exact) mass is 474 g/mol. The van der Waals surface area contributed by atoms with Gasteiger partial charge in [-0.3, -0.25) is 14.5 Å². The van der Waals surface area contributed by atoms with Crippen LogP contribution in [-0.4, -0.2) is 48.9 Å². The standard InChI is InChI=1S/C26H26N4O3S/c1-17-4-13-22-23(14-17)34-26(29-22)18-5-7-19(8-6-18)27-24(31)15-30(2)16-25(32)28-20-9-11-21(33-3)12-10-20/h4-14H,15-16H2,1-3H3,(H,27,31)(H,28,32). The number of anilines is 2. The van der Waals surface area contributed by atoms with Gasteiger partial charge in [0.25, 0.3) is 0 Å². The number of nitrogens with zero attached hydrogens (tertiary/aromatic N) is 2. The molecule has 3 aromatic carbocycles. The summed E-state index contributed by atoms with van der Waals surface area (Å²) in [4.78, 5) is 31.0. The topological polar surface area (TPSA) is 83.6 Å². The third-order valence-electron chi connectivity index (χ3n) is 5.16. The second-order valence-electron chi connectivity index (χ2n) is 8.06. The Morgan fingerprint density at radius 2 is 1.50 bits per heavy atom. The van der Waals surface area contributed by atoms with Crippen LogP contribution in [-0.2, 0) is 9.59 Å². The molecule has 1 heterocycles. The molecular formula is C26H26N4O3S. The van der Waals surface area contributed by atoms with Crippen LogP contribution in [0.15, 0.2) is 66.7 Å². The van der Waals surface area contributed by atoms with Crippen molar-refractivity contribution in [2.24, 2.45) is 0 Å². The minimum atomic E-state index is -0.198. The maximum Gasteiger partial charge on any atom is 0.238 e. The Morgan fingerprint density at radius 3 is 2.09 bits per heavy atom. The van der Waals surface area contributed by atoms with Crippen LogP contribution in [0.1, 0.15) is 5.56 Å². The lowest BCUT2D eigenvalue weighted by Gasteiger charge is -2.16. The fourth-order valence-electron chi connectivity index (χ4n) is 3.47. The molecule has 2 N–H and O–H groups in total. The number of benzene rings is 3. The number of ether oxygens (including phenoxy) is 1. The van der Waals surface area contributed by atoms with Crippen LogP contribution < -0.4 is 15.4 Å². The average molecular weight is 475 g/mol. The van der Waals surface area contributed by atoms with E-state index in [9.17, 15) is 9.59 Å². The van der Waals surface area contributed by atoms with Crippen molar-refractivity contribution in [3.63, 3.8) is 0 Å². The zero-order valence-electron chi connectivity index (χ0n) is 19.3. The van der Waals surface area contributed by atoms with Gasteiger partial charge < -0.3 is 15.4 Å². The smallest absolute Gasteiger partial charge is 0.238 e. The van der Waals surface area contributed by atoms with Gasteiger partial charge in [-0.25, -0.2) is 4.98 Å². The molecule has 4 rings (SSSR count). The van der Waals surface area contributed by atoms with Gasteiger partial charge in [0.2, 0.25) is 11.8 Å². The van der Waals surface area contributed by atoms with Crippen molar-refractivity contribution in [1.29, 1.82) is 0 Å². The first-order chi connectivity index (χ1) is 16.4. The van der Waals surface area contributed by atoms with Gasteiger partial charge in [0.05, 0.1) is 30.4 Å². The van der Waals surface area contributed by atoms with Crippen molar-refractivity contribution in [2.75, 3.05) is 37.9 Å². The molecule has 0 spiro atoms. The number of likely N-dealkylation sites (N-methyl/N-ethyl adjacent to an activating group) is 1. The fraction of sp³-hybridized carbons (Fsp3) is 0.192. The molecule has 0 aliphatic rings. The highest BCUT2D eigenvalue weighted by atomic mass is 32.1. The van der Waals surface area contributed by atoms with Crippen molar-refractivity contribution in [1.82, 2.24) is 9.88 Å². The Hall–Kier alpha value is -3.75. The van der Waals surface area contributed by atoms with E-state index < -0.39 is 0 Å². The highest BCUT2D eigenvalue weighted by Gasteiger charge is 2.12. The van der Waals surface area contributed by atoms with Crippen molar-refractivity contribution >= 4 is 44.7 Å². The molecule has 0 unspecified atom stereocenters. The molecule has 0 aliphatic heterocycles. The SMILES string of the molecule is COc1ccc(NC(=O)CN(C)CC(=O)Nc2ccc(-c3nc4ccc(C)cc4s3)cc2)cc1. The van der Waals surface area contributed by atoms with Gasteiger partial charge in [0, 0.05) is 16.9 Å². The Labute approximate surface area is 202 Å². The summed E-state index contributed by atoms with van der Waals surface area (Å²) in [5.41, 5.74) is 4.57. The number of hydrogen-bond acceptors (Lipinski definition) is 6. The van der Waals surface area contributed by atoms with Gasteiger partial charge in [-0.15, -0.1) is 11.3 Å². The molecule has 7 nitrogen and oxygen atoms in total. The lowest BCUT2D eigenvalue weighted by Crippen LogP contribution is -2.36. The van der Waals surface area contributed by atoms with Crippen LogP contribution in [0.25, 0.3) is 20.8 Å². The first kappa shape index (κ1) is 23.4. The molecule has 4 aromatic rings. The number of methoxy groups -OCH3 is 1. The van der Waals surface area contributed by atoms with E-state index >= 15 is 0 Å². The predicted molar refractivity (Wildman–Crippen MR) is 138 cm³/mol. The second kappa shape index (κ2) is 10.5. The average Bonchev–Trinajstić information content (AvgIpc) is 3.23. The normalized spacial score (nSPS) is 10.9. The Balaban J connectivity index is 1.28. The summed E-state index contributed by atoms with van der Waals surface area (Å²) in [7, 11) is 3.32. The first-order valence-corrected chi connectivity index (χ1v) is 11.6. The van der Waals surface area contributed by atoms with Gasteiger partial charge in [-0.05, 0) is 80.2 Å². The van der Waals surface area contributed by atoms with Gasteiger partial charge in [0.15, 0.2) is 0 Å². The molecule has 1 aromatic heterocycles. The maximum atomic E-state index is 12.4. The quantitative estimate of drug-likeness (QED) is 0.384. The van der Waals surface area contributed by atoms with E-state index in [1.54, 1.807) is 54.7 Å². The number of aromatic nitrogens is 1. The van der Waals surface area contributed by atoms with Gasteiger partial charge in [-0.2, -0.15) is 0 Å². The number of hydrogen-bond donors (Lipinski definition) is 2. The van der Waals surface area contributed by atoms with Gasteiger partial charge >= 0.3 is 0 Å². The zero-order valence-corrected chi connectivity index (χ0v) is 20.1. The largest absolute Gasteiger partial charge is 0.497 e. The van der Waals surface area contributed by atoms with Gasteiger partial charge in [-0.1, -0.05) is 6.07 Å². The molecule has 0 saturated heterocycles. The number of nitrogens with one attached hydrogen (secondary N) is 2. The van der Waals surface area contributed by atoms with Crippen molar-refractivity contribution in [2.45, 2.75) is 6.92 Å². The van der Waals surface area contributed by atoms with Crippen LogP contribution in [0.3, 0.4) is 0 Å². The highest BCUT2D eigenvalue weighted by molar-refractivity contribution is 7.21. The minimum Gasteiger partial charge on any atom is -0.497 e. The van der Waals surface area contributed by atoms with Crippen molar-refractivity contribution < 1.29 is 14.3 Å². The number of carbonyl (C=O) groups excluding carboxylic acids is 2. The number of amides is 2. The lowest BCUT2D eigenvalue weighted by atomic mass is 10.2. The number of fused-ring (bicyclic) bond motifs is 1. The number of carbonyl (C=O) groups is 2. The fourth-order valence-corrected chi connectivity index (χ4v) is 4.54. The number of aryl methyl sites for hydroxylation is 1. The molecule has 0 aliphatic carbocycles. The second-order valence-corrected chi connectivity index (χ2v) is 9.10. The van der Waals surface area contributed by atoms with E-state index in [1.807, 2.05) is 30.3 Å². The molecule has 8 heteroatoms. The van der Waals surface area contributed by atoms with Crippen LogP contribution >= 0.6 is 11.3 Å². The van der Waals surface area contributed by atoms with E-state index in [4.69, 9.17) is 9.72 Å². The summed E-state index contributed by atoms with van der Waals surface area (Å²) in [6.45, 7) is 2.26.